The van der Waals surface area contributed by atoms with Crippen molar-refractivity contribution in [2.24, 2.45) is 0 Å². The molecule has 0 spiro atoms. The third-order valence-corrected chi connectivity index (χ3v) is 4.11. The molecule has 2 rings (SSSR count). The fraction of sp³-hybridized carbons (Fsp3) is 0.0769. The fourth-order valence-corrected chi connectivity index (χ4v) is 2.93. The molecule has 2 aromatic rings. The quantitative estimate of drug-likeness (QED) is 0.529. The van der Waals surface area contributed by atoms with Crippen LogP contribution in [0.1, 0.15) is 5.56 Å². The number of aryl methyl sites for hydroxylation is 1. The van der Waals surface area contributed by atoms with Gasteiger partial charge in [0, 0.05) is 5.69 Å². The van der Waals surface area contributed by atoms with Crippen molar-refractivity contribution < 1.29 is 30.4 Å². The number of nitrogens with one attached hydrogen (secondary N) is 1. The molecule has 2 aromatic carbocycles. The molecule has 0 unspecified atom stereocenters. The summed E-state index contributed by atoms with van der Waals surface area (Å²) in [5, 5.41) is 0. The molecular formula is C13H8F5NO2S. The SMILES string of the molecule is Cc1cccc(NS(=O)(=O)c2c(F)c(F)c(F)c(F)c2F)c1. The summed E-state index contributed by atoms with van der Waals surface area (Å²) < 4.78 is 91.8. The molecule has 0 atom stereocenters. The Bertz CT molecular complexity index is 823. The molecule has 0 aliphatic carbocycles. The van der Waals surface area contributed by atoms with Crippen LogP contribution in [0.15, 0.2) is 29.2 Å². The van der Waals surface area contributed by atoms with Crippen molar-refractivity contribution in [3.05, 3.63) is 58.9 Å². The van der Waals surface area contributed by atoms with Gasteiger partial charge >= 0.3 is 0 Å². The van der Waals surface area contributed by atoms with Gasteiger partial charge in [-0.05, 0) is 24.6 Å². The molecule has 0 heterocycles. The second-order valence-electron chi connectivity index (χ2n) is 4.37. The molecule has 9 heteroatoms. The smallest absolute Gasteiger partial charge is 0.267 e. The van der Waals surface area contributed by atoms with Crippen LogP contribution in [-0.4, -0.2) is 8.42 Å². The van der Waals surface area contributed by atoms with Crippen LogP contribution in [0.4, 0.5) is 27.6 Å². The summed E-state index contributed by atoms with van der Waals surface area (Å²) >= 11 is 0. The molecule has 0 radical (unpaired) electrons. The molecule has 22 heavy (non-hydrogen) atoms. The maximum atomic E-state index is 13.5. The van der Waals surface area contributed by atoms with Crippen LogP contribution in [0.5, 0.6) is 0 Å². The minimum Gasteiger partial charge on any atom is -0.279 e. The van der Waals surface area contributed by atoms with Crippen LogP contribution < -0.4 is 4.72 Å². The number of sulfonamides is 1. The first kappa shape index (κ1) is 16.2. The molecule has 3 nitrogen and oxygen atoms in total. The minimum atomic E-state index is -5.00. The summed E-state index contributed by atoms with van der Waals surface area (Å²) in [5.41, 5.74) is 0.543. The molecular weight excluding hydrogens is 329 g/mol. The molecule has 0 saturated heterocycles. The Morgan fingerprint density at radius 1 is 0.864 bits per heavy atom. The lowest BCUT2D eigenvalue weighted by molar-refractivity contribution is 0.358. The molecule has 0 saturated carbocycles. The maximum absolute atomic E-state index is 13.5. The minimum absolute atomic E-state index is 0.0797. The lowest BCUT2D eigenvalue weighted by atomic mass is 10.2. The highest BCUT2D eigenvalue weighted by Gasteiger charge is 2.33. The lowest BCUT2D eigenvalue weighted by Gasteiger charge is -2.11. The first-order valence-corrected chi connectivity index (χ1v) is 7.24. The number of halogens is 5. The van der Waals surface area contributed by atoms with E-state index in [9.17, 15) is 30.4 Å². The monoisotopic (exact) mass is 337 g/mol. The second kappa shape index (κ2) is 5.56. The molecule has 118 valence electrons. The van der Waals surface area contributed by atoms with Crippen molar-refractivity contribution in [1.29, 1.82) is 0 Å². The highest BCUT2D eigenvalue weighted by atomic mass is 32.2. The number of hydrogen-bond acceptors (Lipinski definition) is 2. The summed E-state index contributed by atoms with van der Waals surface area (Å²) in [6.07, 6.45) is 0. The van der Waals surface area contributed by atoms with E-state index < -0.39 is 44.0 Å². The third kappa shape index (κ3) is 2.76. The van der Waals surface area contributed by atoms with Gasteiger partial charge in [0.1, 0.15) is 0 Å². The predicted molar refractivity (Wildman–Crippen MR) is 68.2 cm³/mol. The van der Waals surface area contributed by atoms with Crippen LogP contribution in [0, 0.1) is 36.0 Å². The summed E-state index contributed by atoms with van der Waals surface area (Å²) in [4.78, 5) is -1.93. The number of hydrogen-bond donors (Lipinski definition) is 1. The Kier molecular flexibility index (Phi) is 4.10. The molecule has 0 aromatic heterocycles. The van der Waals surface area contributed by atoms with E-state index in [0.717, 1.165) is 0 Å². The van der Waals surface area contributed by atoms with Crippen LogP contribution >= 0.6 is 0 Å². The summed E-state index contributed by atoms with van der Waals surface area (Å²) in [5.74, 6) is -11.9. The van der Waals surface area contributed by atoms with Crippen LogP contribution in [0.25, 0.3) is 0 Å². The van der Waals surface area contributed by atoms with Gasteiger partial charge in [-0.3, -0.25) is 4.72 Å². The van der Waals surface area contributed by atoms with E-state index in [4.69, 9.17) is 0 Å². The summed E-state index contributed by atoms with van der Waals surface area (Å²) in [7, 11) is -5.00. The Hall–Kier alpha value is -2.16. The lowest BCUT2D eigenvalue weighted by Crippen LogP contribution is -2.19. The summed E-state index contributed by atoms with van der Waals surface area (Å²) in [6, 6.07) is 5.65. The van der Waals surface area contributed by atoms with Gasteiger partial charge in [-0.2, -0.15) is 0 Å². The zero-order valence-corrected chi connectivity index (χ0v) is 11.7. The van der Waals surface area contributed by atoms with Crippen LogP contribution in [0.2, 0.25) is 0 Å². The van der Waals surface area contributed by atoms with Crippen molar-refractivity contribution in [2.75, 3.05) is 4.72 Å². The largest absolute Gasteiger partial charge is 0.279 e. The van der Waals surface area contributed by atoms with Gasteiger partial charge < -0.3 is 0 Å². The summed E-state index contributed by atoms with van der Waals surface area (Å²) in [6.45, 7) is 1.62. The average molecular weight is 337 g/mol. The first-order chi connectivity index (χ1) is 10.1. The van der Waals surface area contributed by atoms with Gasteiger partial charge in [0.2, 0.25) is 5.82 Å². The normalized spacial score (nSPS) is 11.5. The van der Waals surface area contributed by atoms with E-state index in [0.29, 0.717) is 5.56 Å². The van der Waals surface area contributed by atoms with Crippen molar-refractivity contribution in [3.63, 3.8) is 0 Å². The molecule has 0 bridgehead atoms. The molecule has 0 fully saturated rings. The van der Waals surface area contributed by atoms with Crippen molar-refractivity contribution in [2.45, 2.75) is 11.8 Å². The molecule has 1 N–H and O–H groups in total. The van der Waals surface area contributed by atoms with E-state index in [2.05, 4.69) is 0 Å². The van der Waals surface area contributed by atoms with Crippen molar-refractivity contribution in [1.82, 2.24) is 0 Å². The highest BCUT2D eigenvalue weighted by Crippen LogP contribution is 2.28. The van der Waals surface area contributed by atoms with Gasteiger partial charge in [-0.1, -0.05) is 12.1 Å². The van der Waals surface area contributed by atoms with Gasteiger partial charge in [-0.25, -0.2) is 30.4 Å². The van der Waals surface area contributed by atoms with Crippen molar-refractivity contribution >= 4 is 15.7 Å². The van der Waals surface area contributed by atoms with Crippen LogP contribution in [0.3, 0.4) is 0 Å². The van der Waals surface area contributed by atoms with Gasteiger partial charge in [0.05, 0.1) is 0 Å². The van der Waals surface area contributed by atoms with E-state index >= 15 is 0 Å². The Balaban J connectivity index is 2.60. The van der Waals surface area contributed by atoms with Gasteiger partial charge in [-0.15, -0.1) is 0 Å². The van der Waals surface area contributed by atoms with E-state index in [1.165, 1.54) is 18.2 Å². The molecule has 0 amide bonds. The van der Waals surface area contributed by atoms with E-state index in [-0.39, 0.29) is 5.69 Å². The van der Waals surface area contributed by atoms with Crippen molar-refractivity contribution in [3.8, 4) is 0 Å². The Morgan fingerprint density at radius 3 is 1.86 bits per heavy atom. The van der Waals surface area contributed by atoms with Gasteiger partial charge in [0.15, 0.2) is 28.2 Å². The zero-order valence-electron chi connectivity index (χ0n) is 10.9. The Labute approximate surface area is 122 Å². The maximum Gasteiger partial charge on any atom is 0.267 e. The highest BCUT2D eigenvalue weighted by molar-refractivity contribution is 7.92. The van der Waals surface area contributed by atoms with Crippen LogP contribution in [-0.2, 0) is 10.0 Å². The van der Waals surface area contributed by atoms with E-state index in [1.807, 2.05) is 0 Å². The number of rotatable bonds is 3. The van der Waals surface area contributed by atoms with E-state index in [1.54, 1.807) is 17.7 Å². The second-order valence-corrected chi connectivity index (χ2v) is 5.99. The predicted octanol–water partition coefficient (Wildman–Crippen LogP) is 3.49. The molecule has 0 aliphatic heterocycles. The number of anilines is 1. The first-order valence-electron chi connectivity index (χ1n) is 5.76. The Morgan fingerprint density at radius 2 is 1.36 bits per heavy atom. The average Bonchev–Trinajstić information content (AvgIpc) is 2.42. The van der Waals surface area contributed by atoms with Gasteiger partial charge in [0.25, 0.3) is 10.0 Å². The number of benzene rings is 2. The fourth-order valence-electron chi connectivity index (χ4n) is 1.74. The zero-order chi connectivity index (χ0) is 16.7. The third-order valence-electron chi connectivity index (χ3n) is 2.71. The topological polar surface area (TPSA) is 46.2 Å². The standard InChI is InChI=1S/C13H8F5NO2S/c1-6-3-2-4-7(5-6)19-22(20,21)13-11(17)9(15)8(14)10(16)12(13)18/h2-5,19H,1H3. The molecule has 0 aliphatic rings.